The Morgan fingerprint density at radius 1 is 1.29 bits per heavy atom. The fourth-order valence-electron chi connectivity index (χ4n) is 1.43. The lowest BCUT2D eigenvalue weighted by atomic mass is 10.1. The zero-order valence-electron chi connectivity index (χ0n) is 9.92. The van der Waals surface area contributed by atoms with Crippen LogP contribution < -0.4 is 0 Å². The van der Waals surface area contributed by atoms with Crippen LogP contribution in [-0.2, 0) is 25.5 Å². The van der Waals surface area contributed by atoms with Crippen molar-refractivity contribution >= 4 is 16.4 Å². The molecule has 0 aromatic heterocycles. The smallest absolute Gasteiger partial charge is 0.265 e. The van der Waals surface area contributed by atoms with Crippen LogP contribution in [-0.4, -0.2) is 27.1 Å². The van der Waals surface area contributed by atoms with Crippen LogP contribution in [0.3, 0.4) is 0 Å². The topological polar surface area (TPSA) is 60.4 Å². The summed E-state index contributed by atoms with van der Waals surface area (Å²) >= 11 is 0. The zero-order valence-corrected chi connectivity index (χ0v) is 10.7. The first-order chi connectivity index (χ1) is 7.90. The molecule has 0 saturated heterocycles. The minimum Gasteiger partial charge on any atom is -0.300 e. The van der Waals surface area contributed by atoms with Gasteiger partial charge in [0.25, 0.3) is 10.1 Å². The van der Waals surface area contributed by atoms with Gasteiger partial charge in [0.1, 0.15) is 12.4 Å². The van der Waals surface area contributed by atoms with E-state index >= 15 is 0 Å². The molecule has 4 nitrogen and oxygen atoms in total. The van der Waals surface area contributed by atoms with Gasteiger partial charge in [-0.15, -0.1) is 0 Å². The molecule has 0 aliphatic carbocycles. The van der Waals surface area contributed by atoms with Crippen LogP contribution in [0.15, 0.2) is 24.3 Å². The lowest BCUT2D eigenvalue weighted by Crippen LogP contribution is -2.19. The second kappa shape index (κ2) is 5.93. The Kier molecular flexibility index (Phi) is 4.84. The Morgan fingerprint density at radius 2 is 1.88 bits per heavy atom. The van der Waals surface area contributed by atoms with Crippen molar-refractivity contribution in [2.24, 2.45) is 0 Å². The summed E-state index contributed by atoms with van der Waals surface area (Å²) in [7, 11) is -3.58. The van der Waals surface area contributed by atoms with Gasteiger partial charge in [0.15, 0.2) is 0 Å². The minimum atomic E-state index is -3.58. The standard InChI is InChI=1S/C12H16O4S/c1-10-3-5-11(6-4-10)7-8-12(9-13)16-17(2,14)15/h3-6,9,12H,7-8H2,1-2H3. The molecule has 5 heteroatoms. The predicted molar refractivity (Wildman–Crippen MR) is 65.3 cm³/mol. The first-order valence-electron chi connectivity index (χ1n) is 5.30. The predicted octanol–water partition coefficient (Wildman–Crippen LogP) is 1.47. The normalized spacial score (nSPS) is 13.3. The maximum Gasteiger partial charge on any atom is 0.265 e. The molecule has 0 fully saturated rings. The Balaban J connectivity index is 2.53. The van der Waals surface area contributed by atoms with Crippen molar-refractivity contribution in [1.29, 1.82) is 0 Å². The van der Waals surface area contributed by atoms with Crippen molar-refractivity contribution in [1.82, 2.24) is 0 Å². The van der Waals surface area contributed by atoms with E-state index in [9.17, 15) is 13.2 Å². The molecule has 1 aromatic carbocycles. The highest BCUT2D eigenvalue weighted by Crippen LogP contribution is 2.09. The van der Waals surface area contributed by atoms with Gasteiger partial charge in [-0.2, -0.15) is 8.42 Å². The number of carbonyl (C=O) groups excluding carboxylic acids is 1. The summed E-state index contributed by atoms with van der Waals surface area (Å²) in [6.07, 6.45) is 1.54. The molecule has 0 amide bonds. The molecule has 0 N–H and O–H groups in total. The van der Waals surface area contributed by atoms with Crippen molar-refractivity contribution in [2.45, 2.75) is 25.9 Å². The van der Waals surface area contributed by atoms with Gasteiger partial charge in [0.2, 0.25) is 0 Å². The average molecular weight is 256 g/mol. The highest BCUT2D eigenvalue weighted by molar-refractivity contribution is 7.86. The Hall–Kier alpha value is -1.20. The maximum atomic E-state index is 10.9. The highest BCUT2D eigenvalue weighted by Gasteiger charge is 2.14. The van der Waals surface area contributed by atoms with Crippen LogP contribution in [0, 0.1) is 6.92 Å². The van der Waals surface area contributed by atoms with E-state index in [1.54, 1.807) is 0 Å². The van der Waals surface area contributed by atoms with Crippen LogP contribution in [0.2, 0.25) is 0 Å². The molecular formula is C12H16O4S. The van der Waals surface area contributed by atoms with E-state index in [0.717, 1.165) is 17.4 Å². The molecule has 94 valence electrons. The van der Waals surface area contributed by atoms with Crippen LogP contribution in [0.25, 0.3) is 0 Å². The Labute approximate surface area is 102 Å². The quantitative estimate of drug-likeness (QED) is 0.571. The SMILES string of the molecule is Cc1ccc(CCC(C=O)OS(C)(=O)=O)cc1. The largest absolute Gasteiger partial charge is 0.300 e. The maximum absolute atomic E-state index is 10.9. The number of hydrogen-bond donors (Lipinski definition) is 0. The van der Waals surface area contributed by atoms with Crippen molar-refractivity contribution in [3.05, 3.63) is 35.4 Å². The molecule has 0 heterocycles. The van der Waals surface area contributed by atoms with Crippen LogP contribution in [0.5, 0.6) is 0 Å². The van der Waals surface area contributed by atoms with Crippen molar-refractivity contribution in [2.75, 3.05) is 6.26 Å². The molecule has 1 atom stereocenters. The van der Waals surface area contributed by atoms with Gasteiger partial charge in [-0.1, -0.05) is 29.8 Å². The summed E-state index contributed by atoms with van der Waals surface area (Å²) in [6, 6.07) is 7.86. The lowest BCUT2D eigenvalue weighted by Gasteiger charge is -2.09. The molecule has 0 radical (unpaired) electrons. The molecule has 0 saturated carbocycles. The van der Waals surface area contributed by atoms with Crippen molar-refractivity contribution in [3.63, 3.8) is 0 Å². The molecule has 0 aliphatic heterocycles. The minimum absolute atomic E-state index is 0.361. The van der Waals surface area contributed by atoms with E-state index in [2.05, 4.69) is 4.18 Å². The van der Waals surface area contributed by atoms with E-state index in [1.807, 2.05) is 31.2 Å². The lowest BCUT2D eigenvalue weighted by molar-refractivity contribution is -0.113. The van der Waals surface area contributed by atoms with Crippen LogP contribution >= 0.6 is 0 Å². The molecule has 0 spiro atoms. The monoisotopic (exact) mass is 256 g/mol. The van der Waals surface area contributed by atoms with Crippen molar-refractivity contribution < 1.29 is 17.4 Å². The molecule has 1 unspecified atom stereocenters. The number of aryl methyl sites for hydroxylation is 2. The number of aldehydes is 1. The van der Waals surface area contributed by atoms with Crippen LogP contribution in [0.4, 0.5) is 0 Å². The van der Waals surface area contributed by atoms with Gasteiger partial charge in [-0.3, -0.25) is 4.18 Å². The van der Waals surface area contributed by atoms with E-state index < -0.39 is 16.2 Å². The van der Waals surface area contributed by atoms with Gasteiger partial charge < -0.3 is 4.79 Å². The van der Waals surface area contributed by atoms with E-state index in [-0.39, 0.29) is 0 Å². The summed E-state index contributed by atoms with van der Waals surface area (Å²) in [5, 5.41) is 0. The third-order valence-electron chi connectivity index (χ3n) is 2.29. The fraction of sp³-hybridized carbons (Fsp3) is 0.417. The molecule has 1 rings (SSSR count). The van der Waals surface area contributed by atoms with Gasteiger partial charge in [-0.25, -0.2) is 0 Å². The molecular weight excluding hydrogens is 240 g/mol. The second-order valence-corrected chi connectivity index (χ2v) is 5.60. The Morgan fingerprint density at radius 3 is 2.35 bits per heavy atom. The molecule has 17 heavy (non-hydrogen) atoms. The van der Waals surface area contributed by atoms with Crippen molar-refractivity contribution in [3.8, 4) is 0 Å². The third-order valence-corrected chi connectivity index (χ3v) is 2.89. The number of carbonyl (C=O) groups is 1. The Bertz CT molecular complexity index is 462. The van der Waals surface area contributed by atoms with E-state index in [4.69, 9.17) is 0 Å². The summed E-state index contributed by atoms with van der Waals surface area (Å²) in [5.41, 5.74) is 2.22. The molecule has 0 aliphatic rings. The van der Waals surface area contributed by atoms with Gasteiger partial charge >= 0.3 is 0 Å². The first kappa shape index (κ1) is 13.9. The summed E-state index contributed by atoms with van der Waals surface area (Å²) in [4.78, 5) is 10.7. The summed E-state index contributed by atoms with van der Waals surface area (Å²) in [5.74, 6) is 0. The fourth-order valence-corrected chi connectivity index (χ4v) is 2.02. The number of hydrogen-bond acceptors (Lipinski definition) is 4. The number of benzene rings is 1. The zero-order chi connectivity index (χ0) is 12.9. The molecule has 1 aromatic rings. The summed E-state index contributed by atoms with van der Waals surface area (Å²) < 4.78 is 26.4. The second-order valence-electron chi connectivity index (χ2n) is 4.00. The van der Waals surface area contributed by atoms with Gasteiger partial charge in [-0.05, 0) is 25.3 Å². The van der Waals surface area contributed by atoms with E-state index in [0.29, 0.717) is 19.1 Å². The van der Waals surface area contributed by atoms with Gasteiger partial charge in [0.05, 0.1) is 6.26 Å². The van der Waals surface area contributed by atoms with Crippen LogP contribution in [0.1, 0.15) is 17.5 Å². The average Bonchev–Trinajstić information content (AvgIpc) is 2.25. The first-order valence-corrected chi connectivity index (χ1v) is 7.11. The highest BCUT2D eigenvalue weighted by atomic mass is 32.2. The number of rotatable bonds is 6. The summed E-state index contributed by atoms with van der Waals surface area (Å²) in [6.45, 7) is 1.99. The third kappa shape index (κ3) is 5.60. The van der Waals surface area contributed by atoms with E-state index in [1.165, 1.54) is 0 Å². The molecule has 0 bridgehead atoms. The van der Waals surface area contributed by atoms with Gasteiger partial charge in [0, 0.05) is 0 Å².